The first-order valence-electron chi connectivity index (χ1n) is 5.48. The average molecular weight is 251 g/mol. The summed E-state index contributed by atoms with van der Waals surface area (Å²) in [4.78, 5) is 11.8. The minimum Gasteiger partial charge on any atom is -0.497 e. The minimum absolute atomic E-state index is 0.0880. The van der Waals surface area contributed by atoms with Crippen molar-refractivity contribution in [2.45, 2.75) is 6.92 Å². The molecule has 6 heteroatoms. The van der Waals surface area contributed by atoms with Gasteiger partial charge in [-0.15, -0.1) is 0 Å². The van der Waals surface area contributed by atoms with Crippen molar-refractivity contribution in [1.29, 1.82) is 0 Å². The van der Waals surface area contributed by atoms with Crippen LogP contribution < -0.4 is 15.8 Å². The second-order valence-corrected chi connectivity index (χ2v) is 3.86. The number of nitrogens with two attached hydrogens (primary N) is 1. The van der Waals surface area contributed by atoms with Crippen LogP contribution in [0.2, 0.25) is 0 Å². The van der Waals surface area contributed by atoms with Crippen molar-refractivity contribution < 1.29 is 14.7 Å². The molecule has 0 aliphatic heterocycles. The number of rotatable bonds is 5. The molecular weight excluding hydrogens is 234 g/mol. The lowest BCUT2D eigenvalue weighted by Gasteiger charge is -2.11. The normalized spacial score (nSPS) is 12.9. The van der Waals surface area contributed by atoms with Crippen molar-refractivity contribution in [3.8, 4) is 5.75 Å². The van der Waals surface area contributed by atoms with Crippen molar-refractivity contribution in [3.63, 3.8) is 0 Å². The molecule has 1 atom stereocenters. The monoisotopic (exact) mass is 251 g/mol. The van der Waals surface area contributed by atoms with E-state index < -0.39 is 0 Å². The van der Waals surface area contributed by atoms with E-state index in [1.54, 1.807) is 38.3 Å². The average Bonchev–Trinajstić information content (AvgIpc) is 2.43. The first-order chi connectivity index (χ1) is 8.58. The number of amides is 1. The first kappa shape index (κ1) is 13.8. The number of carbonyl (C=O) groups is 1. The highest BCUT2D eigenvalue weighted by molar-refractivity contribution is 5.94. The second-order valence-electron chi connectivity index (χ2n) is 3.86. The van der Waals surface area contributed by atoms with Crippen LogP contribution in [0, 0.1) is 5.92 Å². The van der Waals surface area contributed by atoms with Gasteiger partial charge in [-0.25, -0.2) is 0 Å². The summed E-state index contributed by atoms with van der Waals surface area (Å²) in [7, 11) is 1.56. The number of benzene rings is 1. The molecule has 98 valence electrons. The van der Waals surface area contributed by atoms with Gasteiger partial charge in [0, 0.05) is 18.0 Å². The summed E-state index contributed by atoms with van der Waals surface area (Å²) < 4.78 is 5.00. The number of nitrogens with zero attached hydrogens (tertiary/aromatic N) is 1. The van der Waals surface area contributed by atoms with E-state index in [0.29, 0.717) is 17.9 Å². The third kappa shape index (κ3) is 3.65. The third-order valence-electron chi connectivity index (χ3n) is 2.54. The van der Waals surface area contributed by atoms with E-state index in [1.165, 1.54) is 0 Å². The lowest BCUT2D eigenvalue weighted by Crippen LogP contribution is -2.34. The lowest BCUT2D eigenvalue weighted by molar-refractivity contribution is 0.0951. The molecule has 18 heavy (non-hydrogen) atoms. The number of hydrogen-bond acceptors (Lipinski definition) is 4. The van der Waals surface area contributed by atoms with Crippen LogP contribution in [-0.2, 0) is 0 Å². The molecule has 1 rings (SSSR count). The molecule has 0 saturated heterocycles. The van der Waals surface area contributed by atoms with Crippen LogP contribution in [0.3, 0.4) is 0 Å². The van der Waals surface area contributed by atoms with Crippen LogP contribution in [0.4, 0.5) is 0 Å². The topological polar surface area (TPSA) is 96.9 Å². The predicted molar refractivity (Wildman–Crippen MR) is 67.9 cm³/mol. The van der Waals surface area contributed by atoms with Crippen molar-refractivity contribution in [1.82, 2.24) is 5.32 Å². The molecule has 0 saturated carbocycles. The van der Waals surface area contributed by atoms with Gasteiger partial charge in [0.05, 0.1) is 7.11 Å². The summed E-state index contributed by atoms with van der Waals surface area (Å²) in [5, 5.41) is 14.1. The Morgan fingerprint density at radius 2 is 2.11 bits per heavy atom. The molecule has 1 aromatic rings. The van der Waals surface area contributed by atoms with Gasteiger partial charge in [-0.1, -0.05) is 12.1 Å². The molecule has 6 nitrogen and oxygen atoms in total. The van der Waals surface area contributed by atoms with Gasteiger partial charge in [0.1, 0.15) is 11.6 Å². The Kier molecular flexibility index (Phi) is 4.98. The summed E-state index contributed by atoms with van der Waals surface area (Å²) in [6.45, 7) is 2.06. The van der Waals surface area contributed by atoms with Gasteiger partial charge in [0.2, 0.25) is 0 Å². The summed E-state index contributed by atoms with van der Waals surface area (Å²) in [5.41, 5.74) is 5.94. The number of amidine groups is 1. The second kappa shape index (κ2) is 6.48. The number of ether oxygens (including phenoxy) is 1. The van der Waals surface area contributed by atoms with E-state index in [2.05, 4.69) is 10.5 Å². The predicted octanol–water partition coefficient (Wildman–Crippen LogP) is 0.807. The molecular formula is C12H17N3O3. The highest BCUT2D eigenvalue weighted by Gasteiger charge is 2.10. The molecule has 0 aliphatic carbocycles. The maximum Gasteiger partial charge on any atom is 0.251 e. The zero-order chi connectivity index (χ0) is 13.5. The fourth-order valence-electron chi connectivity index (χ4n) is 1.29. The molecule has 1 unspecified atom stereocenters. The van der Waals surface area contributed by atoms with Crippen LogP contribution in [0.1, 0.15) is 17.3 Å². The zero-order valence-electron chi connectivity index (χ0n) is 10.4. The largest absolute Gasteiger partial charge is 0.497 e. The van der Waals surface area contributed by atoms with E-state index in [1.807, 2.05) is 0 Å². The van der Waals surface area contributed by atoms with Crippen LogP contribution >= 0.6 is 0 Å². The Morgan fingerprint density at radius 3 is 2.61 bits per heavy atom. The molecule has 0 aliphatic rings. The van der Waals surface area contributed by atoms with Crippen molar-refractivity contribution in [2.75, 3.05) is 13.7 Å². The first-order valence-corrected chi connectivity index (χ1v) is 5.48. The van der Waals surface area contributed by atoms with E-state index >= 15 is 0 Å². The van der Waals surface area contributed by atoms with Crippen molar-refractivity contribution in [2.24, 2.45) is 16.8 Å². The number of methoxy groups -OCH3 is 1. The fourth-order valence-corrected chi connectivity index (χ4v) is 1.29. The molecule has 0 aromatic heterocycles. The van der Waals surface area contributed by atoms with E-state index in [0.717, 1.165) is 0 Å². The maximum atomic E-state index is 11.8. The van der Waals surface area contributed by atoms with Crippen LogP contribution in [0.5, 0.6) is 5.75 Å². The molecule has 1 amide bonds. The molecule has 0 radical (unpaired) electrons. The van der Waals surface area contributed by atoms with E-state index in [-0.39, 0.29) is 17.7 Å². The number of carbonyl (C=O) groups excluding carboxylic acids is 1. The van der Waals surface area contributed by atoms with Crippen molar-refractivity contribution >= 4 is 11.7 Å². The molecule has 4 N–H and O–H groups in total. The van der Waals surface area contributed by atoms with Crippen LogP contribution in [0.25, 0.3) is 0 Å². The highest BCUT2D eigenvalue weighted by atomic mass is 16.5. The van der Waals surface area contributed by atoms with Crippen LogP contribution in [0.15, 0.2) is 29.4 Å². The molecule has 0 heterocycles. The SMILES string of the molecule is COc1ccc(C(=O)NCC(C)C(N)=NO)cc1. The summed E-state index contributed by atoms with van der Waals surface area (Å²) >= 11 is 0. The Morgan fingerprint density at radius 1 is 1.50 bits per heavy atom. The maximum absolute atomic E-state index is 11.8. The Bertz CT molecular complexity index is 429. The van der Waals surface area contributed by atoms with Gasteiger partial charge in [0.15, 0.2) is 0 Å². The summed E-state index contributed by atoms with van der Waals surface area (Å²) in [6, 6.07) is 6.76. The molecule has 0 spiro atoms. The molecule has 0 fully saturated rings. The Hall–Kier alpha value is -2.24. The van der Waals surface area contributed by atoms with Gasteiger partial charge >= 0.3 is 0 Å². The fraction of sp³-hybridized carbons (Fsp3) is 0.333. The van der Waals surface area contributed by atoms with Gasteiger partial charge in [-0.05, 0) is 24.3 Å². The van der Waals surface area contributed by atoms with E-state index in [4.69, 9.17) is 15.7 Å². The van der Waals surface area contributed by atoms with Gasteiger partial charge in [-0.2, -0.15) is 0 Å². The Labute approximate surface area is 105 Å². The minimum atomic E-state index is -0.225. The standard InChI is InChI=1S/C12H17N3O3/c1-8(11(13)15-17)7-14-12(16)9-3-5-10(18-2)6-4-9/h3-6,8,17H,7H2,1-2H3,(H2,13,15)(H,14,16). The van der Waals surface area contributed by atoms with Crippen molar-refractivity contribution in [3.05, 3.63) is 29.8 Å². The highest BCUT2D eigenvalue weighted by Crippen LogP contribution is 2.11. The van der Waals surface area contributed by atoms with E-state index in [9.17, 15) is 4.79 Å². The quantitative estimate of drug-likeness (QED) is 0.312. The zero-order valence-corrected chi connectivity index (χ0v) is 10.4. The van der Waals surface area contributed by atoms with Gasteiger partial charge in [-0.3, -0.25) is 4.79 Å². The number of nitrogens with one attached hydrogen (secondary N) is 1. The smallest absolute Gasteiger partial charge is 0.251 e. The molecule has 0 bridgehead atoms. The van der Waals surface area contributed by atoms with Crippen LogP contribution in [-0.4, -0.2) is 30.6 Å². The number of oxime groups is 1. The van der Waals surface area contributed by atoms with Gasteiger partial charge < -0.3 is 21.0 Å². The number of hydrogen-bond donors (Lipinski definition) is 3. The summed E-state index contributed by atoms with van der Waals surface area (Å²) in [5.74, 6) is 0.342. The Balaban J connectivity index is 2.55. The summed E-state index contributed by atoms with van der Waals surface area (Å²) in [6.07, 6.45) is 0. The van der Waals surface area contributed by atoms with Gasteiger partial charge in [0.25, 0.3) is 5.91 Å². The third-order valence-corrected chi connectivity index (χ3v) is 2.54. The lowest BCUT2D eigenvalue weighted by atomic mass is 10.1. The molecule has 1 aromatic carbocycles.